The van der Waals surface area contributed by atoms with Gasteiger partial charge in [-0.15, -0.1) is 0 Å². The number of hydrogen-bond donors (Lipinski definition) is 2. The Hall–Kier alpha value is -1.13. The van der Waals surface area contributed by atoms with Crippen molar-refractivity contribution < 1.29 is 0 Å². The average molecular weight is 294 g/mol. The van der Waals surface area contributed by atoms with Gasteiger partial charge in [-0.05, 0) is 41.4 Å². The first-order valence-electron chi connectivity index (χ1n) is 5.72. The molecule has 0 amide bonds. The number of halogens is 1. The number of hydrogen-bond acceptors (Lipinski definition) is 3. The molecule has 3 nitrogen and oxygen atoms in total. The highest BCUT2D eigenvalue weighted by molar-refractivity contribution is 9.10. The normalized spacial score (nSPS) is 10.8. The molecule has 0 aliphatic heterocycles. The second kappa shape index (κ2) is 5.47. The molecule has 3 N–H and O–H groups in total. The highest BCUT2D eigenvalue weighted by Gasteiger charge is 2.07. The van der Waals surface area contributed by atoms with Gasteiger partial charge in [-0.3, -0.25) is 0 Å². The van der Waals surface area contributed by atoms with Gasteiger partial charge in [0.25, 0.3) is 0 Å². The maximum Gasteiger partial charge on any atom is 0.134 e. The van der Waals surface area contributed by atoms with Gasteiger partial charge in [-0.1, -0.05) is 18.2 Å². The Bertz CT molecular complexity index is 525. The summed E-state index contributed by atoms with van der Waals surface area (Å²) < 4.78 is 1.03. The number of nitrogens with one attached hydrogen (secondary N) is 1. The molecule has 2 aromatic rings. The van der Waals surface area contributed by atoms with Gasteiger partial charge in [-0.2, -0.15) is 0 Å². The van der Waals surface area contributed by atoms with Crippen LogP contribution in [0.5, 0.6) is 0 Å². The Morgan fingerprint density at radius 3 is 3.00 bits per heavy atom. The number of benzene rings is 1. The molecule has 4 heteroatoms. The van der Waals surface area contributed by atoms with Gasteiger partial charge >= 0.3 is 0 Å². The number of anilines is 1. The third-order valence-corrected chi connectivity index (χ3v) is 3.38. The van der Waals surface area contributed by atoms with Crippen molar-refractivity contribution in [1.29, 1.82) is 0 Å². The molecule has 0 unspecified atom stereocenters. The van der Waals surface area contributed by atoms with E-state index in [1.165, 1.54) is 16.3 Å². The van der Waals surface area contributed by atoms with E-state index in [4.69, 9.17) is 5.73 Å². The molecule has 0 bridgehead atoms. The molecule has 0 fully saturated rings. The third kappa shape index (κ3) is 2.58. The predicted octanol–water partition coefficient (Wildman–Crippen LogP) is 3.07. The van der Waals surface area contributed by atoms with Crippen LogP contribution in [0.2, 0.25) is 0 Å². The largest absolute Gasteiger partial charge is 0.370 e. The van der Waals surface area contributed by atoms with Gasteiger partial charge in [0, 0.05) is 28.0 Å². The smallest absolute Gasteiger partial charge is 0.134 e. The summed E-state index contributed by atoms with van der Waals surface area (Å²) in [6.45, 7) is 3.65. The number of fused-ring (bicyclic) bond motifs is 1. The van der Waals surface area contributed by atoms with Crippen molar-refractivity contribution in [2.75, 3.05) is 18.4 Å². The predicted molar refractivity (Wildman–Crippen MR) is 76.3 cm³/mol. The zero-order valence-corrected chi connectivity index (χ0v) is 11.4. The number of aromatic nitrogens is 1. The maximum atomic E-state index is 5.49. The summed E-state index contributed by atoms with van der Waals surface area (Å²) in [5.74, 6) is 0.940. The van der Waals surface area contributed by atoms with Crippen LogP contribution in [0, 0.1) is 6.92 Å². The highest BCUT2D eigenvalue weighted by Crippen LogP contribution is 2.30. The van der Waals surface area contributed by atoms with Crippen molar-refractivity contribution in [2.24, 2.45) is 5.73 Å². The molecule has 0 aliphatic carbocycles. The number of rotatable bonds is 4. The van der Waals surface area contributed by atoms with Crippen molar-refractivity contribution in [2.45, 2.75) is 13.3 Å². The summed E-state index contributed by atoms with van der Waals surface area (Å²) in [7, 11) is 0. The van der Waals surface area contributed by atoms with Crippen LogP contribution in [0.4, 0.5) is 5.82 Å². The van der Waals surface area contributed by atoms with Crippen LogP contribution in [-0.4, -0.2) is 18.1 Å². The van der Waals surface area contributed by atoms with E-state index in [1.807, 2.05) is 6.20 Å². The molecule has 90 valence electrons. The Morgan fingerprint density at radius 2 is 2.24 bits per heavy atom. The molecule has 1 heterocycles. The number of nitrogens with zero attached hydrogens (tertiary/aromatic N) is 1. The Kier molecular flexibility index (Phi) is 3.97. The van der Waals surface area contributed by atoms with Crippen LogP contribution in [0.15, 0.2) is 28.9 Å². The van der Waals surface area contributed by atoms with Gasteiger partial charge < -0.3 is 11.1 Å². The summed E-state index contributed by atoms with van der Waals surface area (Å²) in [5, 5.41) is 5.71. The fourth-order valence-electron chi connectivity index (χ4n) is 1.88. The van der Waals surface area contributed by atoms with Crippen LogP contribution in [0.3, 0.4) is 0 Å². The lowest BCUT2D eigenvalue weighted by atomic mass is 10.1. The number of aryl methyl sites for hydroxylation is 1. The van der Waals surface area contributed by atoms with Gasteiger partial charge in [0.1, 0.15) is 5.82 Å². The standard InChI is InChI=1S/C13H16BrN3/c1-9-4-2-5-10-11(14)8-17-13(12(9)10)16-7-3-6-15/h2,4-5,8H,3,6-7,15H2,1H3,(H,16,17). The van der Waals surface area contributed by atoms with E-state index in [2.05, 4.69) is 51.4 Å². The van der Waals surface area contributed by atoms with Gasteiger partial charge in [0.15, 0.2) is 0 Å². The Labute approximate surface area is 110 Å². The first-order valence-corrected chi connectivity index (χ1v) is 6.51. The van der Waals surface area contributed by atoms with Crippen molar-refractivity contribution in [3.05, 3.63) is 34.4 Å². The monoisotopic (exact) mass is 293 g/mol. The first-order chi connectivity index (χ1) is 8.24. The molecule has 0 spiro atoms. The molecule has 2 rings (SSSR count). The van der Waals surface area contributed by atoms with Crippen molar-refractivity contribution >= 4 is 32.5 Å². The van der Waals surface area contributed by atoms with Crippen molar-refractivity contribution in [3.8, 4) is 0 Å². The van der Waals surface area contributed by atoms with E-state index in [0.717, 1.165) is 23.3 Å². The fraction of sp³-hybridized carbons (Fsp3) is 0.308. The lowest BCUT2D eigenvalue weighted by molar-refractivity contribution is 0.871. The molecule has 0 saturated carbocycles. The Balaban J connectivity index is 2.45. The lowest BCUT2D eigenvalue weighted by Gasteiger charge is -2.11. The van der Waals surface area contributed by atoms with Crippen LogP contribution in [0.25, 0.3) is 10.8 Å². The highest BCUT2D eigenvalue weighted by atomic mass is 79.9. The van der Waals surface area contributed by atoms with Gasteiger partial charge in [0.2, 0.25) is 0 Å². The molecule has 17 heavy (non-hydrogen) atoms. The Morgan fingerprint density at radius 1 is 1.41 bits per heavy atom. The molecule has 0 aliphatic rings. The van der Waals surface area contributed by atoms with Crippen LogP contribution in [0.1, 0.15) is 12.0 Å². The minimum Gasteiger partial charge on any atom is -0.370 e. The summed E-state index contributed by atoms with van der Waals surface area (Å²) in [4.78, 5) is 4.44. The fourth-order valence-corrected chi connectivity index (χ4v) is 2.31. The van der Waals surface area contributed by atoms with E-state index in [9.17, 15) is 0 Å². The van der Waals surface area contributed by atoms with Gasteiger partial charge in [0.05, 0.1) is 0 Å². The second-order valence-corrected chi connectivity index (χ2v) is 4.88. The zero-order chi connectivity index (χ0) is 12.3. The number of pyridine rings is 1. The van der Waals surface area contributed by atoms with Crippen molar-refractivity contribution in [3.63, 3.8) is 0 Å². The van der Waals surface area contributed by atoms with E-state index in [1.54, 1.807) is 0 Å². The first kappa shape index (κ1) is 12.3. The SMILES string of the molecule is Cc1cccc2c(Br)cnc(NCCCN)c12. The lowest BCUT2D eigenvalue weighted by Crippen LogP contribution is -2.09. The second-order valence-electron chi connectivity index (χ2n) is 4.02. The third-order valence-electron chi connectivity index (χ3n) is 2.75. The van der Waals surface area contributed by atoms with Crippen LogP contribution in [-0.2, 0) is 0 Å². The average Bonchev–Trinajstić information content (AvgIpc) is 2.33. The topological polar surface area (TPSA) is 50.9 Å². The summed E-state index contributed by atoms with van der Waals surface area (Å²) in [5.41, 5.74) is 6.72. The minimum absolute atomic E-state index is 0.695. The molecule has 0 atom stereocenters. The summed E-state index contributed by atoms with van der Waals surface area (Å²) in [6, 6.07) is 6.26. The van der Waals surface area contributed by atoms with Crippen molar-refractivity contribution in [1.82, 2.24) is 4.98 Å². The van der Waals surface area contributed by atoms with Gasteiger partial charge in [-0.25, -0.2) is 4.98 Å². The number of nitrogens with two attached hydrogens (primary N) is 1. The summed E-state index contributed by atoms with van der Waals surface area (Å²) >= 11 is 3.54. The molecular formula is C13H16BrN3. The zero-order valence-electron chi connectivity index (χ0n) is 9.83. The quantitative estimate of drug-likeness (QED) is 0.852. The molecule has 1 aromatic heterocycles. The van der Waals surface area contributed by atoms with Crippen LogP contribution < -0.4 is 11.1 Å². The molecular weight excluding hydrogens is 278 g/mol. The van der Waals surface area contributed by atoms with E-state index in [0.29, 0.717) is 6.54 Å². The summed E-state index contributed by atoms with van der Waals surface area (Å²) in [6.07, 6.45) is 2.79. The van der Waals surface area contributed by atoms with E-state index < -0.39 is 0 Å². The molecule has 1 aromatic carbocycles. The van der Waals surface area contributed by atoms with E-state index in [-0.39, 0.29) is 0 Å². The molecule has 0 radical (unpaired) electrons. The van der Waals surface area contributed by atoms with Crippen LogP contribution >= 0.6 is 15.9 Å². The van der Waals surface area contributed by atoms with E-state index >= 15 is 0 Å². The minimum atomic E-state index is 0.695. The molecule has 0 saturated heterocycles. The maximum absolute atomic E-state index is 5.49.